The molecule has 4 heteroatoms. The number of benzene rings is 2. The summed E-state index contributed by atoms with van der Waals surface area (Å²) < 4.78 is 0. The van der Waals surface area contributed by atoms with Crippen LogP contribution in [0, 0.1) is 5.92 Å². The fourth-order valence-electron chi connectivity index (χ4n) is 2.70. The Morgan fingerprint density at radius 2 is 1.71 bits per heavy atom. The summed E-state index contributed by atoms with van der Waals surface area (Å²) in [5, 5.41) is 3.09. The van der Waals surface area contributed by atoms with Gasteiger partial charge in [0.05, 0.1) is 5.92 Å². The number of anilines is 1. The highest BCUT2D eigenvalue weighted by atomic mass is 16.1. The maximum Gasteiger partial charge on any atom is 0.255 e. The standard InChI is InChI=1S/C20H21N3O/c21-18(13-14-22-17-9-5-2-6-10-17)23-20(24)19(16-11-12-16)15-7-3-1-4-8-15/h1-10,13-14,16,19,22H,11-12H2,(H2,21,23,24)/b14-13-. The number of aliphatic imine (C=N–C) groups is 1. The Morgan fingerprint density at radius 3 is 2.33 bits per heavy atom. The summed E-state index contributed by atoms with van der Waals surface area (Å²) in [6.07, 6.45) is 5.45. The highest BCUT2D eigenvalue weighted by Gasteiger charge is 2.37. The van der Waals surface area contributed by atoms with Crippen LogP contribution in [0.4, 0.5) is 5.69 Å². The lowest BCUT2D eigenvalue weighted by atomic mass is 9.93. The van der Waals surface area contributed by atoms with Crippen LogP contribution in [0.2, 0.25) is 0 Å². The molecule has 4 nitrogen and oxygen atoms in total. The third-order valence-corrected chi connectivity index (χ3v) is 4.04. The number of para-hydroxylation sites is 1. The van der Waals surface area contributed by atoms with Gasteiger partial charge in [0.15, 0.2) is 0 Å². The molecule has 1 aliphatic rings. The summed E-state index contributed by atoms with van der Waals surface area (Å²) >= 11 is 0. The van der Waals surface area contributed by atoms with Crippen molar-refractivity contribution in [3.8, 4) is 0 Å². The second-order valence-electron chi connectivity index (χ2n) is 5.94. The molecule has 2 aromatic carbocycles. The third-order valence-electron chi connectivity index (χ3n) is 4.04. The van der Waals surface area contributed by atoms with Gasteiger partial charge in [0.1, 0.15) is 5.84 Å². The monoisotopic (exact) mass is 319 g/mol. The molecular formula is C20H21N3O. The number of rotatable bonds is 6. The SMILES string of the molecule is NC(/C=C\Nc1ccccc1)=NC(=O)C(c1ccccc1)C1CC1. The zero-order chi connectivity index (χ0) is 16.8. The number of amides is 1. The molecule has 0 saturated heterocycles. The second kappa shape index (κ2) is 7.59. The summed E-state index contributed by atoms with van der Waals surface area (Å²) in [7, 11) is 0. The van der Waals surface area contributed by atoms with E-state index in [1.165, 1.54) is 0 Å². The summed E-state index contributed by atoms with van der Waals surface area (Å²) in [6.45, 7) is 0. The van der Waals surface area contributed by atoms with Gasteiger partial charge in [-0.2, -0.15) is 4.99 Å². The van der Waals surface area contributed by atoms with Gasteiger partial charge < -0.3 is 11.1 Å². The molecular weight excluding hydrogens is 298 g/mol. The molecule has 0 aromatic heterocycles. The molecule has 3 rings (SSSR count). The van der Waals surface area contributed by atoms with Crippen LogP contribution in [-0.2, 0) is 4.79 Å². The molecule has 1 amide bonds. The molecule has 0 heterocycles. The first-order valence-electron chi connectivity index (χ1n) is 8.15. The van der Waals surface area contributed by atoms with Crippen molar-refractivity contribution in [1.29, 1.82) is 0 Å². The fraction of sp³-hybridized carbons (Fsp3) is 0.200. The van der Waals surface area contributed by atoms with Crippen LogP contribution in [0.25, 0.3) is 0 Å². The Morgan fingerprint density at radius 1 is 1.08 bits per heavy atom. The average Bonchev–Trinajstić information content (AvgIpc) is 3.42. The molecule has 1 saturated carbocycles. The van der Waals surface area contributed by atoms with Crippen molar-refractivity contribution in [2.45, 2.75) is 18.8 Å². The number of nitrogens with one attached hydrogen (secondary N) is 1. The van der Waals surface area contributed by atoms with Gasteiger partial charge in [0.2, 0.25) is 0 Å². The minimum atomic E-state index is -0.180. The van der Waals surface area contributed by atoms with Crippen LogP contribution < -0.4 is 11.1 Å². The molecule has 1 aliphatic carbocycles. The van der Waals surface area contributed by atoms with E-state index in [4.69, 9.17) is 5.73 Å². The molecule has 1 fully saturated rings. The Labute approximate surface area is 142 Å². The minimum absolute atomic E-state index is 0.162. The number of amidine groups is 1. The van der Waals surface area contributed by atoms with Crippen LogP contribution in [-0.4, -0.2) is 11.7 Å². The van der Waals surface area contributed by atoms with Gasteiger partial charge in [-0.1, -0.05) is 48.5 Å². The first kappa shape index (κ1) is 16.0. The molecule has 0 aliphatic heterocycles. The smallest absolute Gasteiger partial charge is 0.255 e. The largest absolute Gasteiger partial charge is 0.384 e. The normalized spacial score (nSPS) is 16.1. The van der Waals surface area contributed by atoms with Gasteiger partial charge in [-0.05, 0) is 42.5 Å². The summed E-state index contributed by atoms with van der Waals surface area (Å²) in [6, 6.07) is 19.6. The van der Waals surface area contributed by atoms with Crippen molar-refractivity contribution in [2.24, 2.45) is 16.6 Å². The zero-order valence-electron chi connectivity index (χ0n) is 13.4. The van der Waals surface area contributed by atoms with Crippen molar-refractivity contribution >= 4 is 17.4 Å². The van der Waals surface area contributed by atoms with Gasteiger partial charge in [-0.15, -0.1) is 0 Å². The first-order valence-corrected chi connectivity index (χ1v) is 8.15. The van der Waals surface area contributed by atoms with Crippen LogP contribution in [0.3, 0.4) is 0 Å². The molecule has 2 aromatic rings. The maximum atomic E-state index is 12.5. The third kappa shape index (κ3) is 4.32. The van der Waals surface area contributed by atoms with Crippen LogP contribution in [0.15, 0.2) is 77.9 Å². The quantitative estimate of drug-likeness (QED) is 0.630. The van der Waals surface area contributed by atoms with Crippen LogP contribution >= 0.6 is 0 Å². The summed E-state index contributed by atoms with van der Waals surface area (Å²) in [4.78, 5) is 16.6. The van der Waals surface area contributed by atoms with Gasteiger partial charge >= 0.3 is 0 Å². The number of nitrogens with two attached hydrogens (primary N) is 1. The molecule has 3 N–H and O–H groups in total. The summed E-state index contributed by atoms with van der Waals surface area (Å²) in [5.74, 6) is 0.263. The molecule has 122 valence electrons. The van der Waals surface area contributed by atoms with E-state index < -0.39 is 0 Å². The second-order valence-corrected chi connectivity index (χ2v) is 5.94. The molecule has 0 spiro atoms. The Balaban J connectivity index is 1.66. The van der Waals surface area contributed by atoms with E-state index in [0.717, 1.165) is 24.1 Å². The Hall–Kier alpha value is -2.88. The van der Waals surface area contributed by atoms with E-state index in [1.54, 1.807) is 12.3 Å². The van der Waals surface area contributed by atoms with E-state index in [0.29, 0.717) is 5.92 Å². The zero-order valence-corrected chi connectivity index (χ0v) is 13.4. The molecule has 0 radical (unpaired) electrons. The minimum Gasteiger partial charge on any atom is -0.384 e. The van der Waals surface area contributed by atoms with Crippen molar-refractivity contribution < 1.29 is 4.79 Å². The van der Waals surface area contributed by atoms with E-state index >= 15 is 0 Å². The summed E-state index contributed by atoms with van der Waals surface area (Å²) in [5.41, 5.74) is 7.85. The van der Waals surface area contributed by atoms with Gasteiger partial charge in [-0.25, -0.2) is 0 Å². The fourth-order valence-corrected chi connectivity index (χ4v) is 2.70. The Bertz CT molecular complexity index is 734. The van der Waals surface area contributed by atoms with E-state index in [9.17, 15) is 4.79 Å². The van der Waals surface area contributed by atoms with Crippen molar-refractivity contribution in [2.75, 3.05) is 5.32 Å². The number of nitrogens with zero attached hydrogens (tertiary/aromatic N) is 1. The molecule has 1 unspecified atom stereocenters. The van der Waals surface area contributed by atoms with Crippen LogP contribution in [0.1, 0.15) is 24.3 Å². The van der Waals surface area contributed by atoms with Gasteiger partial charge in [0.25, 0.3) is 5.91 Å². The average molecular weight is 319 g/mol. The van der Waals surface area contributed by atoms with E-state index in [1.807, 2.05) is 60.7 Å². The van der Waals surface area contributed by atoms with E-state index in [2.05, 4.69) is 10.3 Å². The highest BCUT2D eigenvalue weighted by molar-refractivity contribution is 6.02. The predicted octanol–water partition coefficient (Wildman–Crippen LogP) is 3.69. The van der Waals surface area contributed by atoms with Crippen LogP contribution in [0.5, 0.6) is 0 Å². The first-order chi connectivity index (χ1) is 11.7. The highest BCUT2D eigenvalue weighted by Crippen LogP contribution is 2.43. The predicted molar refractivity (Wildman–Crippen MR) is 97.7 cm³/mol. The molecule has 1 atom stereocenters. The van der Waals surface area contributed by atoms with Gasteiger partial charge in [-0.3, -0.25) is 4.79 Å². The number of hydrogen-bond donors (Lipinski definition) is 2. The lowest BCUT2D eigenvalue weighted by Crippen LogP contribution is -2.18. The maximum absolute atomic E-state index is 12.5. The lowest BCUT2D eigenvalue weighted by Gasteiger charge is -2.12. The van der Waals surface area contributed by atoms with Crippen molar-refractivity contribution in [1.82, 2.24) is 0 Å². The Kier molecular flexibility index (Phi) is 5.06. The number of hydrogen-bond acceptors (Lipinski definition) is 2. The van der Waals surface area contributed by atoms with Gasteiger partial charge in [0, 0.05) is 11.9 Å². The van der Waals surface area contributed by atoms with E-state index in [-0.39, 0.29) is 17.7 Å². The lowest BCUT2D eigenvalue weighted by molar-refractivity contribution is -0.119. The number of carbonyl (C=O) groups excluding carboxylic acids is 1. The number of carbonyl (C=O) groups is 1. The van der Waals surface area contributed by atoms with Crippen molar-refractivity contribution in [3.63, 3.8) is 0 Å². The molecule has 0 bridgehead atoms. The molecule has 24 heavy (non-hydrogen) atoms. The topological polar surface area (TPSA) is 67.5 Å². The van der Waals surface area contributed by atoms with Crippen molar-refractivity contribution in [3.05, 3.63) is 78.5 Å².